The van der Waals surface area contributed by atoms with Gasteiger partial charge in [0.2, 0.25) is 6.79 Å². The minimum absolute atomic E-state index is 0. The number of carboxylic acid groups (broad SMARTS) is 2. The summed E-state index contributed by atoms with van der Waals surface area (Å²) in [4.78, 5) is 75.2. The molecule has 4 aromatic carbocycles. The Morgan fingerprint density at radius 2 is 1.56 bits per heavy atom. The number of phenolic OH excluding ortho intramolecular Hbond substituents is 1. The molecule has 0 unspecified atom stereocenters. The van der Waals surface area contributed by atoms with Crippen molar-refractivity contribution in [3.05, 3.63) is 105 Å². The molecule has 4 aromatic rings. The van der Waals surface area contributed by atoms with Crippen molar-refractivity contribution in [2.45, 2.75) is 27.0 Å². The monoisotopic (exact) mass is 896 g/mol. The van der Waals surface area contributed by atoms with Gasteiger partial charge in [0.1, 0.15) is 35.0 Å². The normalized spacial score (nSPS) is 13.8. The Morgan fingerprint density at radius 3 is 2.23 bits per heavy atom. The second kappa shape index (κ2) is 20.0. The van der Waals surface area contributed by atoms with Crippen LogP contribution in [-0.4, -0.2) is 106 Å². The van der Waals surface area contributed by atoms with E-state index >= 15 is 0 Å². The molecule has 0 radical (unpaired) electrons. The largest absolute Gasteiger partial charge is 0.507 e. The van der Waals surface area contributed by atoms with Crippen LogP contribution in [0.2, 0.25) is 5.02 Å². The number of rotatable bonds is 11. The van der Waals surface area contributed by atoms with E-state index in [1.807, 2.05) is 17.0 Å². The molecule has 1 saturated heterocycles. The van der Waals surface area contributed by atoms with Crippen molar-refractivity contribution in [1.29, 1.82) is 0 Å². The van der Waals surface area contributed by atoms with E-state index in [0.29, 0.717) is 36.0 Å². The van der Waals surface area contributed by atoms with Gasteiger partial charge in [-0.1, -0.05) is 17.7 Å². The van der Waals surface area contributed by atoms with Crippen LogP contribution in [0, 0.1) is 13.8 Å². The number of nitrogens with zero attached hydrogens (tertiary/aromatic N) is 2. The van der Waals surface area contributed by atoms with Gasteiger partial charge in [0.05, 0.1) is 11.1 Å². The molecule has 7 rings (SSSR count). The fourth-order valence-electron chi connectivity index (χ4n) is 6.54. The Morgan fingerprint density at radius 1 is 0.871 bits per heavy atom. The third-order valence-corrected chi connectivity index (χ3v) is 9.87. The number of aldehydes is 1. The van der Waals surface area contributed by atoms with Gasteiger partial charge in [-0.05, 0) is 67.4 Å². The van der Waals surface area contributed by atoms with E-state index in [-0.39, 0.29) is 60.4 Å². The molecule has 62 heavy (non-hydrogen) atoms. The summed E-state index contributed by atoms with van der Waals surface area (Å²) in [5.74, 6) is -5.65. The number of amides is 1. The van der Waals surface area contributed by atoms with Crippen molar-refractivity contribution in [1.82, 2.24) is 9.80 Å². The van der Waals surface area contributed by atoms with E-state index in [0.717, 1.165) is 37.2 Å². The molecule has 3 aliphatic heterocycles. The highest BCUT2D eigenvalue weighted by molar-refractivity contribution is 6.30. The molecule has 1 fully saturated rings. The number of piperazine rings is 1. The van der Waals surface area contributed by atoms with Gasteiger partial charge in [0.25, 0.3) is 5.91 Å². The number of hydrogen-bond acceptors (Lipinski definition) is 15. The molecule has 3 heterocycles. The lowest BCUT2D eigenvalue weighted by Crippen LogP contribution is -2.49. The van der Waals surface area contributed by atoms with Crippen molar-refractivity contribution in [2.75, 3.05) is 39.6 Å². The van der Waals surface area contributed by atoms with Crippen molar-refractivity contribution in [3.63, 3.8) is 0 Å². The summed E-state index contributed by atoms with van der Waals surface area (Å²) in [5, 5.41) is 39.5. The van der Waals surface area contributed by atoms with Gasteiger partial charge < -0.3 is 53.7 Å². The molecule has 4 N–H and O–H groups in total. The quantitative estimate of drug-likeness (QED) is 0.0633. The Balaban J connectivity index is 0.000000236. The number of halogens is 2. The zero-order valence-electron chi connectivity index (χ0n) is 32.9. The number of hydrogen-bond donors (Lipinski definition) is 4. The van der Waals surface area contributed by atoms with Crippen LogP contribution in [0.25, 0.3) is 0 Å². The lowest BCUT2D eigenvalue weighted by atomic mass is 10.0. The first-order valence-corrected chi connectivity index (χ1v) is 18.7. The molecule has 0 atom stereocenters. The number of aliphatic carboxylic acids is 1. The summed E-state index contributed by atoms with van der Waals surface area (Å²) >= 11 is 5.85. The number of phenols is 2. The lowest BCUT2D eigenvalue weighted by molar-refractivity contribution is -0.140. The van der Waals surface area contributed by atoms with E-state index < -0.39 is 70.2 Å². The lowest BCUT2D eigenvalue weighted by Gasteiger charge is -2.34. The molecule has 0 aliphatic carbocycles. The minimum atomic E-state index is -1.60. The van der Waals surface area contributed by atoms with Crippen LogP contribution in [0.1, 0.15) is 53.3 Å². The summed E-state index contributed by atoms with van der Waals surface area (Å²) < 4.78 is 32.2. The maximum Gasteiger partial charge on any atom is 0.347 e. The molecular formula is C42H38Cl2N2O16. The molecule has 0 saturated carbocycles. The summed E-state index contributed by atoms with van der Waals surface area (Å²) in [6.45, 7) is 6.07. The molecular weight excluding hydrogens is 859 g/mol. The summed E-state index contributed by atoms with van der Waals surface area (Å²) in [6, 6.07) is 14.2. The van der Waals surface area contributed by atoms with E-state index in [4.69, 9.17) is 45.1 Å². The van der Waals surface area contributed by atoms with Gasteiger partial charge in [0, 0.05) is 55.5 Å². The molecule has 0 aromatic heterocycles. The van der Waals surface area contributed by atoms with Crippen LogP contribution >= 0.6 is 24.0 Å². The number of benzene rings is 4. The maximum absolute atomic E-state index is 12.9. The fraction of sp³-hybridized carbons (Fsp3) is 0.238. The highest BCUT2D eigenvalue weighted by atomic mass is 35.5. The average molecular weight is 898 g/mol. The number of aromatic carboxylic acids is 1. The van der Waals surface area contributed by atoms with Gasteiger partial charge in [-0.3, -0.25) is 14.5 Å². The minimum Gasteiger partial charge on any atom is -0.507 e. The number of aromatic hydroxyl groups is 2. The molecule has 0 spiro atoms. The van der Waals surface area contributed by atoms with Crippen molar-refractivity contribution < 1.29 is 77.6 Å². The first kappa shape index (κ1) is 46.1. The topological polar surface area (TPSA) is 245 Å². The van der Waals surface area contributed by atoms with E-state index in [1.54, 1.807) is 24.3 Å². The molecule has 3 aliphatic rings. The fourth-order valence-corrected chi connectivity index (χ4v) is 6.66. The first-order chi connectivity index (χ1) is 29.1. The zero-order chi connectivity index (χ0) is 44.0. The number of fused-ring (bicyclic) bond motifs is 3. The Labute approximate surface area is 363 Å². The van der Waals surface area contributed by atoms with Gasteiger partial charge >= 0.3 is 23.9 Å². The smallest absolute Gasteiger partial charge is 0.347 e. The van der Waals surface area contributed by atoms with Gasteiger partial charge in [-0.15, -0.1) is 12.4 Å². The van der Waals surface area contributed by atoms with Crippen LogP contribution in [-0.2, 0) is 32.3 Å². The van der Waals surface area contributed by atoms with E-state index in [1.165, 1.54) is 19.4 Å². The number of ether oxygens (including phenoxy) is 6. The number of carbonyl (C=O) groups excluding carboxylic acids is 4. The average Bonchev–Trinajstić information content (AvgIpc) is 3.63. The molecule has 326 valence electrons. The highest BCUT2D eigenvalue weighted by Crippen LogP contribution is 2.50. The standard InChI is InChI=1S/C22H16O12.C20H21ClN2O4.ClH/c1-8-5-12(24)10(6-23)19-15(8)22(31)34-20-11(7-32-14(27)4-3-13(25)26)17(28)16(21(29)30)9(2)18(20)33-19;21-16-2-4-17(5-3-16)25-13-20(24)23-9-7-22(8-10-23)12-15-1-6-18-19(11-15)27-14-26-18;/h3-6,24,28H,7H2,1-2H3,(H,25,26)(H,29,30);1-6,11H,7-10,12-14H2;1H. The summed E-state index contributed by atoms with van der Waals surface area (Å²) in [6.07, 6.45) is 1.30. The number of carboxylic acids is 2. The zero-order valence-corrected chi connectivity index (χ0v) is 34.4. The molecule has 18 nitrogen and oxygen atoms in total. The Kier molecular flexibility index (Phi) is 14.9. The molecule has 20 heteroatoms. The third-order valence-electron chi connectivity index (χ3n) is 9.61. The van der Waals surface area contributed by atoms with Crippen LogP contribution in [0.5, 0.6) is 46.0 Å². The highest BCUT2D eigenvalue weighted by Gasteiger charge is 2.36. The van der Waals surface area contributed by atoms with Crippen LogP contribution in [0.15, 0.2) is 60.7 Å². The summed E-state index contributed by atoms with van der Waals surface area (Å²) in [7, 11) is 0. The summed E-state index contributed by atoms with van der Waals surface area (Å²) in [5.41, 5.74) is -0.617. The van der Waals surface area contributed by atoms with Crippen LogP contribution < -0.4 is 23.7 Å². The van der Waals surface area contributed by atoms with Crippen molar-refractivity contribution in [3.8, 4) is 46.0 Å². The van der Waals surface area contributed by atoms with Crippen LogP contribution in [0.3, 0.4) is 0 Å². The molecule has 0 bridgehead atoms. The number of esters is 2. The van der Waals surface area contributed by atoms with Crippen molar-refractivity contribution in [2.24, 2.45) is 0 Å². The van der Waals surface area contributed by atoms with E-state index in [2.05, 4.69) is 11.0 Å². The second-order valence-electron chi connectivity index (χ2n) is 13.6. The molecule has 1 amide bonds. The maximum atomic E-state index is 12.9. The third kappa shape index (κ3) is 10.5. The Hall–Kier alpha value is -7.02. The van der Waals surface area contributed by atoms with Gasteiger partial charge in [0.15, 0.2) is 41.6 Å². The van der Waals surface area contributed by atoms with Crippen molar-refractivity contribution >= 4 is 60.1 Å². The first-order valence-electron chi connectivity index (χ1n) is 18.3. The predicted octanol–water partition coefficient (Wildman–Crippen LogP) is 5.45. The Bertz CT molecular complexity index is 2450. The second-order valence-corrected chi connectivity index (χ2v) is 14.0. The number of aryl methyl sites for hydroxylation is 1. The number of carbonyl (C=O) groups is 6. The van der Waals surface area contributed by atoms with Crippen LogP contribution in [0.4, 0.5) is 0 Å². The SMILES string of the molecule is Cc1cc(O)c(C=O)c2c1C(=O)Oc1c(COC(=O)C=CC(=O)O)c(O)c(C(=O)O)c(C)c1O2.Cl.O=C(COc1ccc(Cl)cc1)N1CCN(Cc2ccc3c(c2)OCO3)CC1. The van der Waals surface area contributed by atoms with Gasteiger partial charge in [-0.2, -0.15) is 0 Å². The van der Waals surface area contributed by atoms with Gasteiger partial charge in [-0.25, -0.2) is 19.2 Å². The predicted molar refractivity (Wildman–Crippen MR) is 218 cm³/mol. The van der Waals surface area contributed by atoms with E-state index in [9.17, 15) is 44.1 Å².